The largest absolute Gasteiger partial charge is 0.320 e. The molecule has 2 aromatic carbocycles. The van der Waals surface area contributed by atoms with E-state index in [2.05, 4.69) is 15.0 Å². The van der Waals surface area contributed by atoms with Crippen LogP contribution in [0.1, 0.15) is 21.5 Å². The first-order valence-electron chi connectivity index (χ1n) is 8.38. The zero-order valence-corrected chi connectivity index (χ0v) is 16.0. The number of nitrogens with one attached hydrogen (secondary N) is 2. The van der Waals surface area contributed by atoms with Gasteiger partial charge >= 0.3 is 0 Å². The minimum absolute atomic E-state index is 0.0929. The summed E-state index contributed by atoms with van der Waals surface area (Å²) in [5, 5.41) is 2.72. The van der Waals surface area contributed by atoms with E-state index in [9.17, 15) is 17.6 Å². The highest BCUT2D eigenvalue weighted by Crippen LogP contribution is 2.23. The number of halogens is 1. The number of aromatic nitrogens is 1. The third-order valence-corrected chi connectivity index (χ3v) is 5.51. The number of anilines is 2. The Labute approximate surface area is 162 Å². The van der Waals surface area contributed by atoms with Gasteiger partial charge in [0.1, 0.15) is 5.82 Å². The number of carbonyl (C=O) groups excluding carboxylic acids is 1. The molecule has 0 aliphatic heterocycles. The molecule has 0 fully saturated rings. The van der Waals surface area contributed by atoms with Gasteiger partial charge in [0.25, 0.3) is 15.9 Å². The van der Waals surface area contributed by atoms with Crippen LogP contribution < -0.4 is 10.0 Å². The van der Waals surface area contributed by atoms with Crippen molar-refractivity contribution in [1.29, 1.82) is 0 Å². The fraction of sp³-hybridized carbons (Fsp3) is 0.100. The summed E-state index contributed by atoms with van der Waals surface area (Å²) in [4.78, 5) is 16.6. The molecule has 0 aliphatic carbocycles. The zero-order valence-electron chi connectivity index (χ0n) is 15.2. The minimum Gasteiger partial charge on any atom is -0.320 e. The molecule has 0 bridgehead atoms. The Hall–Kier alpha value is -3.26. The Balaban J connectivity index is 1.90. The van der Waals surface area contributed by atoms with Crippen LogP contribution in [0.5, 0.6) is 0 Å². The van der Waals surface area contributed by atoms with Gasteiger partial charge in [0, 0.05) is 6.20 Å². The van der Waals surface area contributed by atoms with E-state index in [0.29, 0.717) is 5.69 Å². The Morgan fingerprint density at radius 2 is 1.75 bits per heavy atom. The maximum absolute atomic E-state index is 13.5. The standard InChI is InChI=1S/C20H18FN3O3S/c1-13-9-10-22-12-19(13)23-20(25)16-5-3-4-6-18(16)24-28(26,27)15-7-8-17(21)14(2)11-15/h3-12,24H,1-2H3,(H,23,25). The maximum Gasteiger partial charge on any atom is 0.261 e. The minimum atomic E-state index is -4.00. The van der Waals surface area contributed by atoms with Crippen molar-refractivity contribution in [2.75, 3.05) is 10.0 Å². The van der Waals surface area contributed by atoms with Crippen LogP contribution >= 0.6 is 0 Å². The van der Waals surface area contributed by atoms with Crippen LogP contribution in [-0.2, 0) is 10.0 Å². The van der Waals surface area contributed by atoms with Crippen molar-refractivity contribution in [3.8, 4) is 0 Å². The molecule has 3 rings (SSSR count). The number of sulfonamides is 1. The summed E-state index contributed by atoms with van der Waals surface area (Å²) in [5.41, 5.74) is 1.82. The van der Waals surface area contributed by atoms with Gasteiger partial charge in [0.05, 0.1) is 28.0 Å². The Kier molecular flexibility index (Phi) is 5.41. The fourth-order valence-electron chi connectivity index (χ4n) is 2.54. The lowest BCUT2D eigenvalue weighted by molar-refractivity contribution is 0.102. The molecule has 1 heterocycles. The first-order chi connectivity index (χ1) is 13.3. The first-order valence-corrected chi connectivity index (χ1v) is 9.86. The van der Waals surface area contributed by atoms with Gasteiger partial charge in [-0.05, 0) is 61.4 Å². The summed E-state index contributed by atoms with van der Waals surface area (Å²) in [5.74, 6) is -0.977. The second kappa shape index (κ2) is 7.77. The average Bonchev–Trinajstić information content (AvgIpc) is 2.66. The molecular weight excluding hydrogens is 381 g/mol. The van der Waals surface area contributed by atoms with Crippen LogP contribution in [0.2, 0.25) is 0 Å². The third-order valence-electron chi connectivity index (χ3n) is 4.14. The molecule has 8 heteroatoms. The number of nitrogens with zero attached hydrogens (tertiary/aromatic N) is 1. The van der Waals surface area contributed by atoms with Crippen LogP contribution in [0.25, 0.3) is 0 Å². The van der Waals surface area contributed by atoms with Crippen LogP contribution in [0.15, 0.2) is 65.8 Å². The van der Waals surface area contributed by atoms with Crippen molar-refractivity contribution >= 4 is 27.3 Å². The van der Waals surface area contributed by atoms with Crippen LogP contribution in [0.3, 0.4) is 0 Å². The van der Waals surface area contributed by atoms with Crippen LogP contribution in [0.4, 0.5) is 15.8 Å². The van der Waals surface area contributed by atoms with Gasteiger partial charge in [0.2, 0.25) is 0 Å². The van der Waals surface area contributed by atoms with Crippen molar-refractivity contribution in [3.63, 3.8) is 0 Å². The van der Waals surface area contributed by atoms with E-state index in [1.807, 2.05) is 6.92 Å². The molecule has 0 atom stereocenters. The van der Waals surface area contributed by atoms with E-state index in [0.717, 1.165) is 11.6 Å². The van der Waals surface area contributed by atoms with Gasteiger partial charge < -0.3 is 5.32 Å². The van der Waals surface area contributed by atoms with E-state index in [1.54, 1.807) is 24.4 Å². The highest BCUT2D eigenvalue weighted by Gasteiger charge is 2.19. The molecule has 0 saturated carbocycles. The maximum atomic E-state index is 13.5. The zero-order chi connectivity index (χ0) is 20.3. The summed E-state index contributed by atoms with van der Waals surface area (Å²) in [7, 11) is -4.00. The molecular formula is C20H18FN3O3S. The average molecular weight is 399 g/mol. The van der Waals surface area contributed by atoms with E-state index < -0.39 is 21.7 Å². The molecule has 0 aliphatic rings. The number of aryl methyl sites for hydroxylation is 2. The summed E-state index contributed by atoms with van der Waals surface area (Å²) in [6.07, 6.45) is 3.12. The molecule has 28 heavy (non-hydrogen) atoms. The molecule has 3 aromatic rings. The quantitative estimate of drug-likeness (QED) is 0.681. The van der Waals surface area contributed by atoms with Crippen LogP contribution in [0, 0.1) is 19.7 Å². The van der Waals surface area contributed by atoms with E-state index >= 15 is 0 Å². The molecule has 144 valence electrons. The lowest BCUT2D eigenvalue weighted by atomic mass is 10.1. The number of hydrogen-bond donors (Lipinski definition) is 2. The monoisotopic (exact) mass is 399 g/mol. The van der Waals surface area contributed by atoms with Crippen molar-refractivity contribution in [2.45, 2.75) is 18.7 Å². The molecule has 6 nitrogen and oxygen atoms in total. The van der Waals surface area contributed by atoms with Gasteiger partial charge in [-0.25, -0.2) is 12.8 Å². The number of carbonyl (C=O) groups is 1. The highest BCUT2D eigenvalue weighted by atomic mass is 32.2. The van der Waals surface area contributed by atoms with Gasteiger partial charge in [0.15, 0.2) is 0 Å². The molecule has 0 radical (unpaired) electrons. The molecule has 0 saturated heterocycles. The SMILES string of the molecule is Cc1cc(S(=O)(=O)Nc2ccccc2C(=O)Nc2cnccc2C)ccc1F. The van der Waals surface area contributed by atoms with E-state index in [4.69, 9.17) is 0 Å². The second-order valence-corrected chi connectivity index (χ2v) is 7.89. The lowest BCUT2D eigenvalue weighted by Gasteiger charge is -2.14. The Morgan fingerprint density at radius 1 is 1.00 bits per heavy atom. The Morgan fingerprint density at radius 3 is 2.46 bits per heavy atom. The fourth-order valence-corrected chi connectivity index (χ4v) is 3.71. The number of amides is 1. The van der Waals surface area contributed by atoms with Crippen molar-refractivity contribution in [3.05, 3.63) is 83.4 Å². The van der Waals surface area contributed by atoms with Crippen molar-refractivity contribution in [1.82, 2.24) is 4.98 Å². The molecule has 0 spiro atoms. The van der Waals surface area contributed by atoms with E-state index in [-0.39, 0.29) is 21.7 Å². The second-order valence-electron chi connectivity index (χ2n) is 6.21. The number of benzene rings is 2. The summed E-state index contributed by atoms with van der Waals surface area (Å²) in [6, 6.07) is 11.5. The topological polar surface area (TPSA) is 88.2 Å². The first kappa shape index (κ1) is 19.5. The molecule has 1 amide bonds. The number of hydrogen-bond acceptors (Lipinski definition) is 4. The summed E-state index contributed by atoms with van der Waals surface area (Å²) >= 11 is 0. The van der Waals surface area contributed by atoms with Crippen LogP contribution in [-0.4, -0.2) is 19.3 Å². The van der Waals surface area contributed by atoms with Crippen molar-refractivity contribution < 1.29 is 17.6 Å². The Bertz CT molecular complexity index is 1150. The highest BCUT2D eigenvalue weighted by molar-refractivity contribution is 7.92. The number of rotatable bonds is 5. The van der Waals surface area contributed by atoms with E-state index in [1.165, 1.54) is 37.4 Å². The molecule has 1 aromatic heterocycles. The third kappa shape index (κ3) is 4.17. The number of para-hydroxylation sites is 1. The van der Waals surface area contributed by atoms with Gasteiger partial charge in [-0.3, -0.25) is 14.5 Å². The van der Waals surface area contributed by atoms with Gasteiger partial charge in [-0.15, -0.1) is 0 Å². The molecule has 2 N–H and O–H groups in total. The van der Waals surface area contributed by atoms with Crippen molar-refractivity contribution in [2.24, 2.45) is 0 Å². The van der Waals surface area contributed by atoms with Gasteiger partial charge in [-0.2, -0.15) is 0 Å². The lowest BCUT2D eigenvalue weighted by Crippen LogP contribution is -2.19. The normalized spacial score (nSPS) is 11.1. The summed E-state index contributed by atoms with van der Waals surface area (Å²) in [6.45, 7) is 3.30. The molecule has 0 unspecified atom stereocenters. The smallest absolute Gasteiger partial charge is 0.261 e. The predicted molar refractivity (Wildman–Crippen MR) is 105 cm³/mol. The summed E-state index contributed by atoms with van der Waals surface area (Å²) < 4.78 is 41.2. The predicted octanol–water partition coefficient (Wildman–Crippen LogP) is 3.89. The van der Waals surface area contributed by atoms with Gasteiger partial charge in [-0.1, -0.05) is 12.1 Å². The number of pyridine rings is 1.